The second-order valence-electron chi connectivity index (χ2n) is 6.49. The summed E-state index contributed by atoms with van der Waals surface area (Å²) in [6.45, 7) is 2.29. The summed E-state index contributed by atoms with van der Waals surface area (Å²) < 4.78 is 10.7. The van der Waals surface area contributed by atoms with Gasteiger partial charge in [-0.25, -0.2) is 0 Å². The van der Waals surface area contributed by atoms with Crippen LogP contribution in [0.4, 0.5) is 0 Å². The van der Waals surface area contributed by atoms with Crippen LogP contribution >= 0.6 is 12.4 Å². The Morgan fingerprint density at radius 1 is 1.08 bits per heavy atom. The number of carbonyl (C=O) groups excluding carboxylic acids is 1. The first-order valence-corrected chi connectivity index (χ1v) is 8.49. The molecule has 1 amide bonds. The number of fused-ring (bicyclic) bond motifs is 1. The monoisotopic (exact) mass is 376 g/mol. The first-order chi connectivity index (χ1) is 12.0. The highest BCUT2D eigenvalue weighted by molar-refractivity contribution is 5.85. The highest BCUT2D eigenvalue weighted by atomic mass is 35.5. The van der Waals surface area contributed by atoms with Crippen LogP contribution in [0.2, 0.25) is 0 Å². The minimum atomic E-state index is -0.536. The van der Waals surface area contributed by atoms with Crippen molar-refractivity contribution in [1.29, 1.82) is 0 Å². The number of ether oxygens (including phenoxy) is 2. The predicted molar refractivity (Wildman–Crippen MR) is 104 cm³/mol. The van der Waals surface area contributed by atoms with Gasteiger partial charge in [0.15, 0.2) is 11.5 Å². The number of hydrogen-bond acceptors (Lipinski definition) is 4. The zero-order valence-corrected chi connectivity index (χ0v) is 15.9. The van der Waals surface area contributed by atoms with E-state index in [1.54, 1.807) is 4.90 Å². The van der Waals surface area contributed by atoms with E-state index in [0.29, 0.717) is 6.42 Å². The minimum absolute atomic E-state index is 0. The largest absolute Gasteiger partial charge is 0.454 e. The van der Waals surface area contributed by atoms with E-state index in [9.17, 15) is 4.79 Å². The third kappa shape index (κ3) is 4.68. The highest BCUT2D eigenvalue weighted by Gasteiger charge is 2.23. The van der Waals surface area contributed by atoms with Crippen LogP contribution in [0.1, 0.15) is 18.1 Å². The fourth-order valence-corrected chi connectivity index (χ4v) is 2.98. The van der Waals surface area contributed by atoms with Crippen molar-refractivity contribution in [3.05, 3.63) is 59.7 Å². The Kier molecular flexibility index (Phi) is 6.89. The summed E-state index contributed by atoms with van der Waals surface area (Å²) in [6.07, 6.45) is 1.28. The quantitative estimate of drug-likeness (QED) is 0.842. The average molecular weight is 377 g/mol. The van der Waals surface area contributed by atoms with Crippen LogP contribution < -0.4 is 15.2 Å². The molecule has 3 rings (SSSR count). The number of nitrogens with two attached hydrogens (primary N) is 1. The summed E-state index contributed by atoms with van der Waals surface area (Å²) >= 11 is 0. The molecule has 2 aromatic carbocycles. The summed E-state index contributed by atoms with van der Waals surface area (Å²) in [5, 5.41) is 0. The summed E-state index contributed by atoms with van der Waals surface area (Å²) in [5.41, 5.74) is 8.30. The number of amides is 1. The second kappa shape index (κ2) is 8.92. The summed E-state index contributed by atoms with van der Waals surface area (Å²) in [4.78, 5) is 14.4. The van der Waals surface area contributed by atoms with Crippen LogP contribution in [-0.4, -0.2) is 36.7 Å². The molecule has 1 unspecified atom stereocenters. The molecule has 0 saturated heterocycles. The number of likely N-dealkylation sites (N-methyl/N-ethyl adjacent to an activating group) is 1. The van der Waals surface area contributed by atoms with Crippen LogP contribution in [0.5, 0.6) is 11.5 Å². The van der Waals surface area contributed by atoms with Gasteiger partial charge < -0.3 is 20.1 Å². The first-order valence-electron chi connectivity index (χ1n) is 8.49. The predicted octanol–water partition coefficient (Wildman–Crippen LogP) is 2.80. The molecule has 6 heteroatoms. The van der Waals surface area contributed by atoms with Gasteiger partial charge in [0.25, 0.3) is 0 Å². The van der Waals surface area contributed by atoms with Crippen molar-refractivity contribution in [3.63, 3.8) is 0 Å². The SMILES string of the molecule is CC(Cc1ccc2c(c1)OCO2)N(C)C(=O)[C@@H](N)Cc1ccccc1.Cl. The van der Waals surface area contributed by atoms with Gasteiger partial charge in [0.1, 0.15) is 0 Å². The standard InChI is InChI=1S/C20H24N2O3.ClH/c1-14(10-16-8-9-18-19(12-16)25-13-24-18)22(2)20(23)17(21)11-15-6-4-3-5-7-15;/h3-9,12,14,17H,10-11,13,21H2,1-2H3;1H/t14?,17-;/m0./s1. The fourth-order valence-electron chi connectivity index (χ4n) is 2.98. The van der Waals surface area contributed by atoms with Gasteiger partial charge in [0.2, 0.25) is 12.7 Å². The molecule has 26 heavy (non-hydrogen) atoms. The lowest BCUT2D eigenvalue weighted by molar-refractivity contribution is -0.133. The molecule has 0 spiro atoms. The first kappa shape index (κ1) is 20.1. The van der Waals surface area contributed by atoms with Crippen LogP contribution in [-0.2, 0) is 17.6 Å². The van der Waals surface area contributed by atoms with Gasteiger partial charge in [-0.3, -0.25) is 4.79 Å². The maximum Gasteiger partial charge on any atom is 0.239 e. The van der Waals surface area contributed by atoms with Crippen molar-refractivity contribution < 1.29 is 14.3 Å². The molecule has 140 valence electrons. The van der Waals surface area contributed by atoms with E-state index in [2.05, 4.69) is 0 Å². The van der Waals surface area contributed by atoms with Crippen molar-refractivity contribution in [2.45, 2.75) is 31.8 Å². The molecule has 1 aliphatic heterocycles. The molecule has 1 heterocycles. The van der Waals surface area contributed by atoms with Crippen LogP contribution in [0.25, 0.3) is 0 Å². The summed E-state index contributed by atoms with van der Waals surface area (Å²) in [5.74, 6) is 1.49. The number of nitrogens with zero attached hydrogens (tertiary/aromatic N) is 1. The average Bonchev–Trinajstić information content (AvgIpc) is 3.09. The maximum atomic E-state index is 12.6. The van der Waals surface area contributed by atoms with Crippen LogP contribution in [0, 0.1) is 0 Å². The Bertz CT molecular complexity index is 739. The Hall–Kier alpha value is -2.24. The van der Waals surface area contributed by atoms with Crippen LogP contribution in [0.15, 0.2) is 48.5 Å². The highest BCUT2D eigenvalue weighted by Crippen LogP contribution is 2.32. The number of halogens is 1. The van der Waals surface area contributed by atoms with E-state index in [4.69, 9.17) is 15.2 Å². The van der Waals surface area contributed by atoms with Gasteiger partial charge in [-0.05, 0) is 43.0 Å². The molecule has 1 aliphatic rings. The van der Waals surface area contributed by atoms with Crippen molar-refractivity contribution in [3.8, 4) is 11.5 Å². The number of hydrogen-bond donors (Lipinski definition) is 1. The molecular formula is C20H25ClN2O3. The molecular weight excluding hydrogens is 352 g/mol. The maximum absolute atomic E-state index is 12.6. The normalized spacial score (nSPS) is 14.3. The van der Waals surface area contributed by atoms with Gasteiger partial charge in [0, 0.05) is 13.1 Å². The zero-order chi connectivity index (χ0) is 17.8. The molecule has 0 aliphatic carbocycles. The molecule has 0 radical (unpaired) electrons. The van der Waals surface area contributed by atoms with E-state index >= 15 is 0 Å². The topological polar surface area (TPSA) is 64.8 Å². The third-order valence-electron chi connectivity index (χ3n) is 4.59. The zero-order valence-electron chi connectivity index (χ0n) is 15.1. The lowest BCUT2D eigenvalue weighted by Gasteiger charge is -2.28. The van der Waals surface area contributed by atoms with E-state index in [-0.39, 0.29) is 31.1 Å². The molecule has 0 fully saturated rings. The molecule has 2 atom stereocenters. The summed E-state index contributed by atoms with van der Waals surface area (Å²) in [7, 11) is 1.81. The van der Waals surface area contributed by atoms with Gasteiger partial charge >= 0.3 is 0 Å². The number of carbonyl (C=O) groups is 1. The van der Waals surface area contributed by atoms with E-state index in [1.165, 1.54) is 0 Å². The lowest BCUT2D eigenvalue weighted by Crippen LogP contribution is -2.47. The van der Waals surface area contributed by atoms with Gasteiger partial charge in [-0.1, -0.05) is 36.4 Å². The van der Waals surface area contributed by atoms with Crippen molar-refractivity contribution >= 4 is 18.3 Å². The number of rotatable bonds is 6. The Morgan fingerprint density at radius 2 is 1.77 bits per heavy atom. The molecule has 5 nitrogen and oxygen atoms in total. The molecule has 2 aromatic rings. The third-order valence-corrected chi connectivity index (χ3v) is 4.59. The Morgan fingerprint density at radius 3 is 2.50 bits per heavy atom. The van der Waals surface area contributed by atoms with Crippen molar-refractivity contribution in [1.82, 2.24) is 4.90 Å². The smallest absolute Gasteiger partial charge is 0.239 e. The van der Waals surface area contributed by atoms with Crippen molar-refractivity contribution in [2.24, 2.45) is 5.73 Å². The molecule has 0 saturated carbocycles. The number of benzene rings is 2. The molecule has 2 N–H and O–H groups in total. The van der Waals surface area contributed by atoms with E-state index < -0.39 is 6.04 Å². The minimum Gasteiger partial charge on any atom is -0.454 e. The van der Waals surface area contributed by atoms with Gasteiger partial charge in [-0.15, -0.1) is 12.4 Å². The fraction of sp³-hybridized carbons (Fsp3) is 0.350. The van der Waals surface area contributed by atoms with Crippen LogP contribution in [0.3, 0.4) is 0 Å². The summed E-state index contributed by atoms with van der Waals surface area (Å²) in [6, 6.07) is 15.2. The Balaban J connectivity index is 0.00000243. The Labute approximate surface area is 160 Å². The second-order valence-corrected chi connectivity index (χ2v) is 6.49. The van der Waals surface area contributed by atoms with Crippen molar-refractivity contribution in [2.75, 3.05) is 13.8 Å². The molecule has 0 aromatic heterocycles. The van der Waals surface area contributed by atoms with Gasteiger partial charge in [-0.2, -0.15) is 0 Å². The lowest BCUT2D eigenvalue weighted by atomic mass is 10.0. The molecule has 0 bridgehead atoms. The van der Waals surface area contributed by atoms with Gasteiger partial charge in [0.05, 0.1) is 6.04 Å². The van der Waals surface area contributed by atoms with E-state index in [0.717, 1.165) is 29.0 Å². The van der Waals surface area contributed by atoms with E-state index in [1.807, 2.05) is 62.5 Å².